The van der Waals surface area contributed by atoms with E-state index in [-0.39, 0.29) is 4.90 Å². The maximum Gasteiger partial charge on any atom is 0.337 e. The van der Waals surface area contributed by atoms with E-state index < -0.39 is 16.0 Å². The number of benzene rings is 3. The van der Waals surface area contributed by atoms with E-state index in [4.69, 9.17) is 9.72 Å². The average Bonchev–Trinajstić information content (AvgIpc) is 3.52. The molecule has 6 aromatic rings. The molecule has 0 unspecified atom stereocenters. The molecule has 0 amide bonds. The van der Waals surface area contributed by atoms with Gasteiger partial charge in [0, 0.05) is 29.0 Å². The molecule has 0 radical (unpaired) electrons. The first-order valence-corrected chi connectivity index (χ1v) is 13.7. The van der Waals surface area contributed by atoms with Crippen molar-refractivity contribution in [1.82, 2.24) is 13.4 Å². The lowest BCUT2D eigenvalue weighted by Gasteiger charge is -2.10. The molecule has 8 nitrogen and oxygen atoms in total. The van der Waals surface area contributed by atoms with Crippen molar-refractivity contribution >= 4 is 44.0 Å². The fourth-order valence-electron chi connectivity index (χ4n) is 4.64. The van der Waals surface area contributed by atoms with Crippen LogP contribution in [0.1, 0.15) is 15.9 Å². The van der Waals surface area contributed by atoms with Gasteiger partial charge in [-0.25, -0.2) is 22.2 Å². The van der Waals surface area contributed by atoms with Gasteiger partial charge in [0.25, 0.3) is 10.0 Å². The molecule has 0 fully saturated rings. The highest BCUT2D eigenvalue weighted by atomic mass is 32.2. The Labute approximate surface area is 225 Å². The molecule has 0 spiro atoms. The van der Waals surface area contributed by atoms with Gasteiger partial charge >= 0.3 is 5.97 Å². The Balaban J connectivity index is 1.56. The van der Waals surface area contributed by atoms with Gasteiger partial charge in [0.2, 0.25) is 0 Å². The number of nitrogens with one attached hydrogen (secondary N) is 1. The number of aromatic nitrogens is 3. The molecule has 0 saturated carbocycles. The van der Waals surface area contributed by atoms with Crippen molar-refractivity contribution in [1.29, 1.82) is 0 Å². The molecule has 0 aliphatic carbocycles. The summed E-state index contributed by atoms with van der Waals surface area (Å²) in [6.07, 6.45) is 3.50. The first kappa shape index (κ1) is 24.4. The minimum Gasteiger partial charge on any atom is -0.465 e. The number of carbonyl (C=O) groups is 1. The van der Waals surface area contributed by atoms with Crippen molar-refractivity contribution in [3.05, 3.63) is 115 Å². The second-order valence-corrected chi connectivity index (χ2v) is 10.9. The smallest absolute Gasteiger partial charge is 0.337 e. The molecular weight excluding hydrogens is 512 g/mol. The monoisotopic (exact) mass is 536 g/mol. The number of imidazole rings is 1. The molecule has 39 heavy (non-hydrogen) atoms. The Morgan fingerprint density at radius 1 is 0.923 bits per heavy atom. The molecule has 0 bridgehead atoms. The summed E-state index contributed by atoms with van der Waals surface area (Å²) in [6.45, 7) is 1.92. The highest BCUT2D eigenvalue weighted by Crippen LogP contribution is 2.38. The number of ether oxygens (including phenoxy) is 1. The van der Waals surface area contributed by atoms with Crippen LogP contribution in [0.3, 0.4) is 0 Å². The number of fused-ring (bicyclic) bond motifs is 2. The summed E-state index contributed by atoms with van der Waals surface area (Å²) < 4.78 is 35.6. The number of methoxy groups -OCH3 is 1. The van der Waals surface area contributed by atoms with Crippen molar-refractivity contribution in [2.45, 2.75) is 11.8 Å². The number of pyridine rings is 1. The lowest BCUT2D eigenvalue weighted by atomic mass is 10.1. The van der Waals surface area contributed by atoms with Gasteiger partial charge in [-0.15, -0.1) is 0 Å². The van der Waals surface area contributed by atoms with Crippen molar-refractivity contribution in [2.24, 2.45) is 0 Å². The summed E-state index contributed by atoms with van der Waals surface area (Å²) >= 11 is 0. The first-order valence-electron chi connectivity index (χ1n) is 12.2. The van der Waals surface area contributed by atoms with Crippen LogP contribution in [0.2, 0.25) is 0 Å². The molecule has 3 heterocycles. The Bertz CT molecular complexity index is 1970. The van der Waals surface area contributed by atoms with E-state index in [1.165, 1.54) is 11.1 Å². The van der Waals surface area contributed by atoms with Crippen LogP contribution < -0.4 is 5.32 Å². The fourth-order valence-corrected chi connectivity index (χ4v) is 6.01. The molecule has 6 rings (SSSR count). The Morgan fingerprint density at radius 3 is 2.49 bits per heavy atom. The predicted octanol–water partition coefficient (Wildman–Crippen LogP) is 6.03. The maximum atomic E-state index is 13.8. The van der Waals surface area contributed by atoms with Gasteiger partial charge in [0.05, 0.1) is 23.1 Å². The Morgan fingerprint density at radius 2 is 1.69 bits per heavy atom. The van der Waals surface area contributed by atoms with Crippen molar-refractivity contribution < 1.29 is 17.9 Å². The van der Waals surface area contributed by atoms with Crippen molar-refractivity contribution in [3.63, 3.8) is 0 Å². The highest BCUT2D eigenvalue weighted by molar-refractivity contribution is 7.90. The fraction of sp³-hybridized carbons (Fsp3) is 0.0667. The van der Waals surface area contributed by atoms with Gasteiger partial charge in [0.1, 0.15) is 17.2 Å². The normalized spacial score (nSPS) is 11.6. The van der Waals surface area contributed by atoms with Crippen LogP contribution in [-0.4, -0.2) is 34.9 Å². The summed E-state index contributed by atoms with van der Waals surface area (Å²) in [6, 6.07) is 26.8. The third-order valence-electron chi connectivity index (χ3n) is 6.59. The van der Waals surface area contributed by atoms with Crippen LogP contribution in [0.4, 0.5) is 11.5 Å². The molecule has 0 atom stereocenters. The quantitative estimate of drug-likeness (QED) is 0.261. The lowest BCUT2D eigenvalue weighted by molar-refractivity contribution is 0.0600. The number of carbonyl (C=O) groups excluding carboxylic acids is 1. The molecule has 1 N–H and O–H groups in total. The maximum absolute atomic E-state index is 13.8. The number of hydrogen-bond acceptors (Lipinski definition) is 6. The van der Waals surface area contributed by atoms with Gasteiger partial charge in [-0.2, -0.15) is 0 Å². The van der Waals surface area contributed by atoms with Crippen LogP contribution in [0.5, 0.6) is 0 Å². The van der Waals surface area contributed by atoms with Crippen LogP contribution in [-0.2, 0) is 14.8 Å². The summed E-state index contributed by atoms with van der Waals surface area (Å²) in [7, 11) is -2.54. The van der Waals surface area contributed by atoms with E-state index in [2.05, 4.69) is 5.32 Å². The van der Waals surface area contributed by atoms with Gasteiger partial charge in [0.15, 0.2) is 0 Å². The number of hydrogen-bond donors (Lipinski definition) is 1. The first-order chi connectivity index (χ1) is 18.9. The summed E-state index contributed by atoms with van der Waals surface area (Å²) in [5, 5.41) is 4.14. The average molecular weight is 537 g/mol. The lowest BCUT2D eigenvalue weighted by Crippen LogP contribution is -2.11. The second kappa shape index (κ2) is 9.45. The van der Waals surface area contributed by atoms with E-state index in [1.54, 1.807) is 54.7 Å². The zero-order chi connectivity index (χ0) is 27.1. The van der Waals surface area contributed by atoms with Gasteiger partial charge in [-0.05, 0) is 55.5 Å². The SMILES string of the molecule is COC(=O)c1cccc(Nc2c(-c3cn(S(=O)(=O)c4ccc(C)cc4)c4ccccc34)nc3ccccn23)c1. The van der Waals surface area contributed by atoms with E-state index in [0.717, 1.165) is 10.9 Å². The number of esters is 1. The Kier molecular flexibility index (Phi) is 5.92. The molecule has 9 heteroatoms. The molecule has 0 aliphatic heterocycles. The summed E-state index contributed by atoms with van der Waals surface area (Å²) in [4.78, 5) is 17.2. The third kappa shape index (κ3) is 4.22. The van der Waals surface area contributed by atoms with E-state index >= 15 is 0 Å². The third-order valence-corrected chi connectivity index (χ3v) is 8.28. The van der Waals surface area contributed by atoms with E-state index in [9.17, 15) is 13.2 Å². The van der Waals surface area contributed by atoms with E-state index in [1.807, 2.05) is 60.0 Å². The zero-order valence-corrected chi connectivity index (χ0v) is 22.0. The zero-order valence-electron chi connectivity index (χ0n) is 21.2. The van der Waals surface area contributed by atoms with Crippen LogP contribution in [0, 0.1) is 6.92 Å². The molecule has 0 saturated heterocycles. The topological polar surface area (TPSA) is 94.7 Å². The predicted molar refractivity (Wildman–Crippen MR) is 151 cm³/mol. The molecule has 0 aliphatic rings. The molecule has 194 valence electrons. The molecule has 3 aromatic carbocycles. The highest BCUT2D eigenvalue weighted by Gasteiger charge is 2.25. The van der Waals surface area contributed by atoms with Gasteiger partial charge in [-0.3, -0.25) is 4.40 Å². The minimum absolute atomic E-state index is 0.202. The van der Waals surface area contributed by atoms with Crippen LogP contribution >= 0.6 is 0 Å². The summed E-state index contributed by atoms with van der Waals surface area (Å²) in [5.41, 5.74) is 4.47. The molecular formula is C30H24N4O4S. The Hall–Kier alpha value is -4.89. The second-order valence-electron chi connectivity index (χ2n) is 9.11. The van der Waals surface area contributed by atoms with Gasteiger partial charge in [-0.1, -0.05) is 48.0 Å². The van der Waals surface area contributed by atoms with Crippen LogP contribution in [0.15, 0.2) is 108 Å². The largest absolute Gasteiger partial charge is 0.465 e. The van der Waals surface area contributed by atoms with Crippen molar-refractivity contribution in [2.75, 3.05) is 12.4 Å². The summed E-state index contributed by atoms with van der Waals surface area (Å²) in [5.74, 6) is 0.185. The van der Waals surface area contributed by atoms with Crippen molar-refractivity contribution in [3.8, 4) is 11.3 Å². The standard InChI is InChI=1S/C30H24N4O4S/c1-20-13-15-23(16-14-20)39(36,37)34-19-25(24-10-3-4-11-26(24)34)28-29(33-17-6-5-12-27(33)32-28)31-22-9-7-8-21(18-22)30(35)38-2/h3-19,31H,1-2H3. The number of nitrogens with zero attached hydrogens (tertiary/aromatic N) is 3. The number of rotatable bonds is 6. The number of para-hydroxylation sites is 1. The van der Waals surface area contributed by atoms with Gasteiger partial charge < -0.3 is 10.1 Å². The van der Waals surface area contributed by atoms with Crippen LogP contribution in [0.25, 0.3) is 27.8 Å². The van der Waals surface area contributed by atoms with E-state index in [0.29, 0.717) is 39.5 Å². The minimum atomic E-state index is -3.88. The number of aryl methyl sites for hydroxylation is 1. The molecule has 3 aromatic heterocycles. The number of anilines is 2.